The number of aliphatic carboxylic acids is 1. The van der Waals surface area contributed by atoms with E-state index in [9.17, 15) is 14.7 Å². The molecule has 1 N–H and O–H groups in total. The van der Waals surface area contributed by atoms with Gasteiger partial charge in [-0.2, -0.15) is 0 Å². The fourth-order valence-corrected chi connectivity index (χ4v) is 6.15. The summed E-state index contributed by atoms with van der Waals surface area (Å²) in [6.07, 6.45) is 4.51. The number of hydrogen-bond acceptors (Lipinski definition) is 4. The Hall–Kier alpha value is -3.35. The number of carbonyl (C=O) groups excluding carboxylic acids is 1. The summed E-state index contributed by atoms with van der Waals surface area (Å²) in [5.74, 6) is 0.0528. The Kier molecular flexibility index (Phi) is 6.73. The smallest absolute Gasteiger partial charge is 0.409 e. The number of methoxy groups -OCH3 is 1. The van der Waals surface area contributed by atoms with E-state index in [4.69, 9.17) is 9.72 Å². The third kappa shape index (κ3) is 4.47. The highest BCUT2D eigenvalue weighted by Gasteiger charge is 2.33. The number of nitrogens with zero attached hydrogens (tertiary/aromatic N) is 3. The Bertz CT molecular complexity index is 1300. The van der Waals surface area contributed by atoms with Gasteiger partial charge in [-0.3, -0.25) is 4.79 Å². The van der Waals surface area contributed by atoms with Gasteiger partial charge in [0.15, 0.2) is 0 Å². The molecule has 190 valence electrons. The molecule has 0 unspecified atom stereocenters. The molecule has 0 saturated heterocycles. The van der Waals surface area contributed by atoms with E-state index in [1.54, 1.807) is 4.90 Å². The SMILES string of the molecule is COC(=O)N1CCc2ccc3c(nc([C@H]4CCC[C@H](C(=O)O)C4)n3[C@@H](C)Cc3ccccc3C)c2C1. The van der Waals surface area contributed by atoms with Gasteiger partial charge in [-0.1, -0.05) is 36.8 Å². The van der Waals surface area contributed by atoms with Crippen LogP contribution >= 0.6 is 0 Å². The van der Waals surface area contributed by atoms with Crippen molar-refractivity contribution in [3.63, 3.8) is 0 Å². The zero-order valence-corrected chi connectivity index (χ0v) is 21.4. The second-order valence-electron chi connectivity index (χ2n) is 10.4. The van der Waals surface area contributed by atoms with Crippen molar-refractivity contribution in [2.75, 3.05) is 13.7 Å². The van der Waals surface area contributed by atoms with Gasteiger partial charge in [-0.15, -0.1) is 0 Å². The fraction of sp³-hybridized carbons (Fsp3) is 0.483. The molecule has 1 fully saturated rings. The number of hydrogen-bond donors (Lipinski definition) is 1. The lowest BCUT2D eigenvalue weighted by molar-refractivity contribution is -0.143. The molecule has 0 bridgehead atoms. The number of amides is 1. The number of carbonyl (C=O) groups is 2. The van der Waals surface area contributed by atoms with Crippen LogP contribution in [0.25, 0.3) is 11.0 Å². The van der Waals surface area contributed by atoms with Crippen LogP contribution in [0.1, 0.15) is 72.6 Å². The van der Waals surface area contributed by atoms with Crippen LogP contribution in [-0.4, -0.2) is 45.3 Å². The first-order chi connectivity index (χ1) is 17.4. The maximum absolute atomic E-state index is 12.3. The minimum atomic E-state index is -0.707. The van der Waals surface area contributed by atoms with Crippen LogP contribution in [0.2, 0.25) is 0 Å². The average molecular weight is 490 g/mol. The third-order valence-electron chi connectivity index (χ3n) is 8.13. The standard InChI is InChI=1S/C29H35N3O4/c1-18-7-4-5-8-21(18)15-19(2)32-25-12-11-20-13-14-31(29(35)36-3)17-24(20)26(25)30-27(32)22-9-6-10-23(16-22)28(33)34/h4-5,7-8,11-12,19,22-23H,6,9-10,13-17H2,1-3H3,(H,33,34)/t19-,22-,23-/m0/s1. The number of carboxylic acids is 1. The lowest BCUT2D eigenvalue weighted by Gasteiger charge is -2.29. The number of aryl methyl sites for hydroxylation is 1. The lowest BCUT2D eigenvalue weighted by atomic mass is 9.81. The molecule has 5 rings (SSSR count). The van der Waals surface area contributed by atoms with E-state index < -0.39 is 5.97 Å². The fourth-order valence-electron chi connectivity index (χ4n) is 6.15. The van der Waals surface area contributed by atoms with Crippen LogP contribution < -0.4 is 0 Å². The van der Waals surface area contributed by atoms with E-state index >= 15 is 0 Å². The van der Waals surface area contributed by atoms with Crippen molar-refractivity contribution in [1.82, 2.24) is 14.5 Å². The maximum atomic E-state index is 12.3. The topological polar surface area (TPSA) is 84.7 Å². The molecule has 7 nitrogen and oxygen atoms in total. The number of fused-ring (bicyclic) bond motifs is 3. The molecule has 1 aliphatic carbocycles. The number of imidazole rings is 1. The highest BCUT2D eigenvalue weighted by Crippen LogP contribution is 2.40. The molecule has 1 aliphatic heterocycles. The van der Waals surface area contributed by atoms with Crippen molar-refractivity contribution in [3.8, 4) is 0 Å². The maximum Gasteiger partial charge on any atom is 0.409 e. The molecule has 7 heteroatoms. The minimum absolute atomic E-state index is 0.0996. The van der Waals surface area contributed by atoms with E-state index in [2.05, 4.69) is 54.8 Å². The molecule has 1 saturated carbocycles. The van der Waals surface area contributed by atoms with Gasteiger partial charge in [0.05, 0.1) is 30.6 Å². The highest BCUT2D eigenvalue weighted by atomic mass is 16.5. The monoisotopic (exact) mass is 489 g/mol. The molecule has 0 radical (unpaired) electrons. The number of benzene rings is 2. The first-order valence-electron chi connectivity index (χ1n) is 13.0. The van der Waals surface area contributed by atoms with Crippen molar-refractivity contribution in [2.24, 2.45) is 5.92 Å². The van der Waals surface area contributed by atoms with E-state index in [1.807, 2.05) is 0 Å². The second-order valence-corrected chi connectivity index (χ2v) is 10.4. The van der Waals surface area contributed by atoms with Gasteiger partial charge in [-0.25, -0.2) is 9.78 Å². The van der Waals surface area contributed by atoms with Crippen molar-refractivity contribution in [2.45, 2.75) is 70.9 Å². The predicted molar refractivity (Wildman–Crippen MR) is 138 cm³/mol. The highest BCUT2D eigenvalue weighted by molar-refractivity contribution is 5.82. The summed E-state index contributed by atoms with van der Waals surface area (Å²) in [4.78, 5) is 31.1. The van der Waals surface area contributed by atoms with E-state index in [1.165, 1.54) is 23.8 Å². The largest absolute Gasteiger partial charge is 0.481 e. The number of ether oxygens (including phenoxy) is 1. The Morgan fingerprint density at radius 1 is 1.19 bits per heavy atom. The quantitative estimate of drug-likeness (QED) is 0.502. The number of carboxylic acid groups (broad SMARTS) is 1. The number of rotatable bonds is 5. The minimum Gasteiger partial charge on any atom is -0.481 e. The number of aromatic nitrogens is 2. The van der Waals surface area contributed by atoms with Crippen LogP contribution in [0.15, 0.2) is 36.4 Å². The molecule has 1 aromatic heterocycles. The summed E-state index contributed by atoms with van der Waals surface area (Å²) in [6, 6.07) is 13.0. The van der Waals surface area contributed by atoms with Gasteiger partial charge in [0, 0.05) is 24.1 Å². The molecule has 2 heterocycles. The summed E-state index contributed by atoms with van der Waals surface area (Å²) in [5, 5.41) is 9.73. The van der Waals surface area contributed by atoms with Gasteiger partial charge in [0.1, 0.15) is 5.82 Å². The molecule has 3 atom stereocenters. The second kappa shape index (κ2) is 9.96. The van der Waals surface area contributed by atoms with Gasteiger partial charge >= 0.3 is 12.1 Å². The molecule has 0 spiro atoms. The zero-order chi connectivity index (χ0) is 25.4. The molecular weight excluding hydrogens is 454 g/mol. The summed E-state index contributed by atoms with van der Waals surface area (Å²) >= 11 is 0. The van der Waals surface area contributed by atoms with E-state index in [0.717, 1.165) is 54.5 Å². The van der Waals surface area contributed by atoms with E-state index in [0.29, 0.717) is 19.5 Å². The van der Waals surface area contributed by atoms with Crippen LogP contribution in [0.5, 0.6) is 0 Å². The lowest BCUT2D eigenvalue weighted by Crippen LogP contribution is -2.35. The van der Waals surface area contributed by atoms with Crippen LogP contribution in [0, 0.1) is 12.8 Å². The summed E-state index contributed by atoms with van der Waals surface area (Å²) < 4.78 is 7.35. The Labute approximate surface area is 212 Å². The summed E-state index contributed by atoms with van der Waals surface area (Å²) in [6.45, 7) is 5.48. The van der Waals surface area contributed by atoms with Gasteiger partial charge in [0.2, 0.25) is 0 Å². The van der Waals surface area contributed by atoms with E-state index in [-0.39, 0.29) is 24.0 Å². The first-order valence-corrected chi connectivity index (χ1v) is 13.0. The van der Waals surface area contributed by atoms with Gasteiger partial charge < -0.3 is 19.3 Å². The predicted octanol–water partition coefficient (Wildman–Crippen LogP) is 5.63. The van der Waals surface area contributed by atoms with Crippen molar-refractivity contribution in [3.05, 3.63) is 64.5 Å². The van der Waals surface area contributed by atoms with Crippen molar-refractivity contribution < 1.29 is 19.4 Å². The zero-order valence-electron chi connectivity index (χ0n) is 21.4. The van der Waals surface area contributed by atoms with Crippen LogP contribution in [-0.2, 0) is 28.9 Å². The summed E-state index contributed by atoms with van der Waals surface area (Å²) in [5.41, 5.74) is 6.87. The molecule has 36 heavy (non-hydrogen) atoms. The molecule has 2 aromatic carbocycles. The normalized spacial score (nSPS) is 20.7. The average Bonchev–Trinajstić information content (AvgIpc) is 3.29. The third-order valence-corrected chi connectivity index (χ3v) is 8.13. The molecule has 1 amide bonds. The summed E-state index contributed by atoms with van der Waals surface area (Å²) in [7, 11) is 1.42. The van der Waals surface area contributed by atoms with Gasteiger partial charge in [0.25, 0.3) is 0 Å². The molecule has 3 aromatic rings. The molecule has 2 aliphatic rings. The van der Waals surface area contributed by atoms with Crippen molar-refractivity contribution >= 4 is 23.1 Å². The Morgan fingerprint density at radius 3 is 2.75 bits per heavy atom. The van der Waals surface area contributed by atoms with Gasteiger partial charge in [-0.05, 0) is 68.7 Å². The van der Waals surface area contributed by atoms with Crippen LogP contribution in [0.4, 0.5) is 4.79 Å². The van der Waals surface area contributed by atoms with Crippen LogP contribution in [0.3, 0.4) is 0 Å². The first kappa shape index (κ1) is 24.3. The Balaban J connectivity index is 1.61. The molecular formula is C29H35N3O4. The Morgan fingerprint density at radius 2 is 2.00 bits per heavy atom. The van der Waals surface area contributed by atoms with Crippen molar-refractivity contribution in [1.29, 1.82) is 0 Å².